The predicted octanol–water partition coefficient (Wildman–Crippen LogP) is 0.835. The molecule has 1 fully saturated rings. The van der Waals surface area contributed by atoms with Gasteiger partial charge in [-0.3, -0.25) is 0 Å². The predicted molar refractivity (Wildman–Crippen MR) is 70.0 cm³/mol. The van der Waals surface area contributed by atoms with Crippen LogP contribution in [0.4, 0.5) is 0 Å². The molecule has 0 aromatic carbocycles. The SMILES string of the molecule is CN(CCCC(C)(N)CO)CC1CCOCC1. The van der Waals surface area contributed by atoms with E-state index in [9.17, 15) is 0 Å². The van der Waals surface area contributed by atoms with Crippen molar-refractivity contribution in [3.05, 3.63) is 0 Å². The molecule has 0 amide bonds. The van der Waals surface area contributed by atoms with Gasteiger partial charge in [0.2, 0.25) is 0 Å². The standard InChI is InChI=1S/C13H28N2O2/c1-13(14,11-16)6-3-7-15(2)10-12-4-8-17-9-5-12/h12,16H,3-11,14H2,1-2H3. The van der Waals surface area contributed by atoms with Gasteiger partial charge >= 0.3 is 0 Å². The Balaban J connectivity index is 2.10. The fourth-order valence-electron chi connectivity index (χ4n) is 2.29. The van der Waals surface area contributed by atoms with E-state index in [1.165, 1.54) is 12.8 Å². The summed E-state index contributed by atoms with van der Waals surface area (Å²) in [6, 6.07) is 0. The zero-order chi connectivity index (χ0) is 12.7. The van der Waals surface area contributed by atoms with E-state index < -0.39 is 5.54 Å². The van der Waals surface area contributed by atoms with Gasteiger partial charge in [0.05, 0.1) is 6.61 Å². The lowest BCUT2D eigenvalue weighted by molar-refractivity contribution is 0.0553. The molecule has 1 saturated heterocycles. The Kier molecular flexibility index (Phi) is 6.41. The van der Waals surface area contributed by atoms with Crippen molar-refractivity contribution in [3.8, 4) is 0 Å². The molecule has 4 heteroatoms. The molecule has 102 valence electrons. The van der Waals surface area contributed by atoms with Crippen molar-refractivity contribution in [2.45, 2.75) is 38.1 Å². The van der Waals surface area contributed by atoms with Crippen molar-refractivity contribution >= 4 is 0 Å². The normalized spacial score (nSPS) is 21.7. The Bertz CT molecular complexity index is 204. The lowest BCUT2D eigenvalue weighted by atomic mass is 9.97. The third-order valence-corrected chi connectivity index (χ3v) is 3.56. The fraction of sp³-hybridized carbons (Fsp3) is 1.00. The Hall–Kier alpha value is -0.160. The van der Waals surface area contributed by atoms with Crippen LogP contribution in [0.3, 0.4) is 0 Å². The second kappa shape index (κ2) is 7.31. The van der Waals surface area contributed by atoms with Crippen LogP contribution in [0.25, 0.3) is 0 Å². The molecule has 4 nitrogen and oxygen atoms in total. The first-order valence-corrected chi connectivity index (χ1v) is 6.69. The molecular formula is C13H28N2O2. The van der Waals surface area contributed by atoms with Crippen LogP contribution >= 0.6 is 0 Å². The molecule has 0 aromatic rings. The van der Waals surface area contributed by atoms with Crippen molar-refractivity contribution in [2.24, 2.45) is 11.7 Å². The second-order valence-corrected chi connectivity index (χ2v) is 5.73. The molecule has 1 unspecified atom stereocenters. The second-order valence-electron chi connectivity index (χ2n) is 5.73. The van der Waals surface area contributed by atoms with Crippen molar-refractivity contribution in [1.82, 2.24) is 4.90 Å². The van der Waals surface area contributed by atoms with Crippen LogP contribution < -0.4 is 5.73 Å². The molecule has 0 radical (unpaired) electrons. The van der Waals surface area contributed by atoms with Gasteiger partial charge < -0.3 is 20.5 Å². The summed E-state index contributed by atoms with van der Waals surface area (Å²) in [7, 11) is 2.17. The monoisotopic (exact) mass is 244 g/mol. The van der Waals surface area contributed by atoms with E-state index in [1.807, 2.05) is 6.92 Å². The molecule has 1 atom stereocenters. The molecule has 1 rings (SSSR count). The Morgan fingerprint density at radius 3 is 2.65 bits per heavy atom. The first-order valence-electron chi connectivity index (χ1n) is 6.69. The third-order valence-electron chi connectivity index (χ3n) is 3.56. The van der Waals surface area contributed by atoms with Crippen molar-refractivity contribution in [3.63, 3.8) is 0 Å². The maximum absolute atomic E-state index is 9.07. The van der Waals surface area contributed by atoms with Gasteiger partial charge in [-0.2, -0.15) is 0 Å². The van der Waals surface area contributed by atoms with E-state index in [4.69, 9.17) is 15.6 Å². The van der Waals surface area contributed by atoms with Gasteiger partial charge in [-0.05, 0) is 52.1 Å². The Labute approximate surface area is 105 Å². The highest BCUT2D eigenvalue weighted by Crippen LogP contribution is 2.16. The molecule has 17 heavy (non-hydrogen) atoms. The van der Waals surface area contributed by atoms with E-state index in [1.54, 1.807) is 0 Å². The van der Waals surface area contributed by atoms with Crippen molar-refractivity contribution in [1.29, 1.82) is 0 Å². The molecule has 0 spiro atoms. The van der Waals surface area contributed by atoms with E-state index in [-0.39, 0.29) is 6.61 Å². The van der Waals surface area contributed by atoms with Crippen molar-refractivity contribution < 1.29 is 9.84 Å². The van der Waals surface area contributed by atoms with E-state index in [2.05, 4.69) is 11.9 Å². The minimum absolute atomic E-state index is 0.0661. The molecule has 0 bridgehead atoms. The maximum atomic E-state index is 9.07. The summed E-state index contributed by atoms with van der Waals surface area (Å²) >= 11 is 0. The number of aliphatic hydroxyl groups is 1. The van der Waals surface area contributed by atoms with Crippen LogP contribution in [0.5, 0.6) is 0 Å². The van der Waals surface area contributed by atoms with Gasteiger partial charge in [0.25, 0.3) is 0 Å². The number of nitrogens with two attached hydrogens (primary N) is 1. The van der Waals surface area contributed by atoms with Gasteiger partial charge in [-0.15, -0.1) is 0 Å². The minimum atomic E-state index is -0.417. The highest BCUT2D eigenvalue weighted by Gasteiger charge is 2.18. The van der Waals surface area contributed by atoms with E-state index in [0.717, 1.165) is 45.1 Å². The number of hydrogen-bond acceptors (Lipinski definition) is 4. The first-order chi connectivity index (χ1) is 8.03. The fourth-order valence-corrected chi connectivity index (χ4v) is 2.29. The van der Waals surface area contributed by atoms with Gasteiger partial charge in [0, 0.05) is 25.3 Å². The largest absolute Gasteiger partial charge is 0.394 e. The number of nitrogens with zero attached hydrogens (tertiary/aromatic N) is 1. The highest BCUT2D eigenvalue weighted by molar-refractivity contribution is 4.77. The highest BCUT2D eigenvalue weighted by atomic mass is 16.5. The average Bonchev–Trinajstić information content (AvgIpc) is 2.30. The van der Waals surface area contributed by atoms with Gasteiger partial charge in [-0.1, -0.05) is 0 Å². The van der Waals surface area contributed by atoms with Crippen LogP contribution in [0.15, 0.2) is 0 Å². The molecular weight excluding hydrogens is 216 g/mol. The lowest BCUT2D eigenvalue weighted by Gasteiger charge is -2.28. The Morgan fingerprint density at radius 2 is 2.06 bits per heavy atom. The average molecular weight is 244 g/mol. The van der Waals surface area contributed by atoms with E-state index >= 15 is 0 Å². The summed E-state index contributed by atoms with van der Waals surface area (Å²) in [6.45, 7) is 6.03. The van der Waals surface area contributed by atoms with Crippen LogP contribution in [-0.4, -0.2) is 55.5 Å². The topological polar surface area (TPSA) is 58.7 Å². The van der Waals surface area contributed by atoms with E-state index in [0.29, 0.717) is 0 Å². The smallest absolute Gasteiger partial charge is 0.0608 e. The zero-order valence-corrected chi connectivity index (χ0v) is 11.3. The van der Waals surface area contributed by atoms with Gasteiger partial charge in [0.1, 0.15) is 0 Å². The Morgan fingerprint density at radius 1 is 1.41 bits per heavy atom. The van der Waals surface area contributed by atoms with Crippen LogP contribution in [-0.2, 0) is 4.74 Å². The third kappa shape index (κ3) is 6.36. The minimum Gasteiger partial charge on any atom is -0.394 e. The zero-order valence-electron chi connectivity index (χ0n) is 11.3. The van der Waals surface area contributed by atoms with Crippen LogP contribution in [0.2, 0.25) is 0 Å². The maximum Gasteiger partial charge on any atom is 0.0608 e. The summed E-state index contributed by atoms with van der Waals surface area (Å²) < 4.78 is 5.36. The molecule has 1 aliphatic heterocycles. The number of aliphatic hydroxyl groups excluding tert-OH is 1. The lowest BCUT2D eigenvalue weighted by Crippen LogP contribution is -2.41. The summed E-state index contributed by atoms with van der Waals surface area (Å²) in [5.74, 6) is 0.788. The number of ether oxygens (including phenoxy) is 1. The van der Waals surface area contributed by atoms with Gasteiger partial charge in [-0.25, -0.2) is 0 Å². The molecule has 1 heterocycles. The molecule has 3 N–H and O–H groups in total. The summed E-state index contributed by atoms with van der Waals surface area (Å²) in [5, 5.41) is 9.07. The first kappa shape index (κ1) is 14.9. The molecule has 0 saturated carbocycles. The summed E-state index contributed by atoms with van der Waals surface area (Å²) in [5.41, 5.74) is 5.48. The molecule has 0 aliphatic carbocycles. The van der Waals surface area contributed by atoms with Crippen LogP contribution in [0, 0.1) is 5.92 Å². The quantitative estimate of drug-likeness (QED) is 0.696. The van der Waals surface area contributed by atoms with Gasteiger partial charge in [0.15, 0.2) is 0 Å². The summed E-state index contributed by atoms with van der Waals surface area (Å²) in [6.07, 6.45) is 4.31. The molecule has 1 aliphatic rings. The van der Waals surface area contributed by atoms with Crippen molar-refractivity contribution in [2.75, 3.05) is 40.0 Å². The van der Waals surface area contributed by atoms with Crippen LogP contribution in [0.1, 0.15) is 32.6 Å². The number of hydrogen-bond donors (Lipinski definition) is 2. The number of rotatable bonds is 7. The molecule has 0 aromatic heterocycles. The summed E-state index contributed by atoms with van der Waals surface area (Å²) in [4.78, 5) is 2.38.